The fourth-order valence-electron chi connectivity index (χ4n) is 3.76. The quantitative estimate of drug-likeness (QED) is 0.481. The largest absolute Gasteiger partial charge is 0.493 e. The Morgan fingerprint density at radius 2 is 2.06 bits per heavy atom. The van der Waals surface area contributed by atoms with Crippen LogP contribution < -0.4 is 24.4 Å². The standard InChI is InChI=1S/C24H24N2O5S2/c1-5-11-31-21-16(9-6-10-17(21)29-3)20-19(23(28)30-4)14(2)25-24-26(20)22(27)18(33-24)13-15-8-7-12-32-15/h6-10,12-13,20H,5,11H2,1-4H3/b18-13+/t20-/m1/s1. The van der Waals surface area contributed by atoms with Gasteiger partial charge in [-0.3, -0.25) is 9.36 Å². The lowest BCUT2D eigenvalue weighted by Gasteiger charge is -2.26. The van der Waals surface area contributed by atoms with E-state index in [-0.39, 0.29) is 5.56 Å². The molecule has 33 heavy (non-hydrogen) atoms. The highest BCUT2D eigenvalue weighted by Gasteiger charge is 2.35. The first kappa shape index (κ1) is 23.0. The van der Waals surface area contributed by atoms with E-state index in [9.17, 15) is 9.59 Å². The maximum atomic E-state index is 13.6. The van der Waals surface area contributed by atoms with Gasteiger partial charge in [-0.25, -0.2) is 9.79 Å². The van der Waals surface area contributed by atoms with Crippen molar-refractivity contribution < 1.29 is 19.0 Å². The second-order valence-electron chi connectivity index (χ2n) is 7.32. The zero-order chi connectivity index (χ0) is 23.5. The van der Waals surface area contributed by atoms with Crippen molar-refractivity contribution in [2.24, 2.45) is 4.99 Å². The number of rotatable bonds is 7. The molecule has 3 aromatic rings. The van der Waals surface area contributed by atoms with Crippen molar-refractivity contribution in [1.29, 1.82) is 0 Å². The molecule has 0 aliphatic carbocycles. The highest BCUT2D eigenvalue weighted by atomic mass is 32.1. The predicted molar refractivity (Wildman–Crippen MR) is 129 cm³/mol. The van der Waals surface area contributed by atoms with E-state index in [0.717, 1.165) is 11.3 Å². The van der Waals surface area contributed by atoms with Crippen LogP contribution in [0.1, 0.15) is 36.8 Å². The van der Waals surface area contributed by atoms with Gasteiger partial charge in [-0.1, -0.05) is 36.5 Å². The molecule has 172 valence electrons. The maximum absolute atomic E-state index is 13.6. The predicted octanol–water partition coefficient (Wildman–Crippen LogP) is 3.27. The normalized spacial score (nSPS) is 15.8. The topological polar surface area (TPSA) is 79.1 Å². The molecule has 7 nitrogen and oxygen atoms in total. The molecule has 1 aliphatic heterocycles. The summed E-state index contributed by atoms with van der Waals surface area (Å²) < 4.78 is 18.8. The third-order valence-electron chi connectivity index (χ3n) is 5.22. The fraction of sp³-hybridized carbons (Fsp3) is 0.292. The van der Waals surface area contributed by atoms with Crippen molar-refractivity contribution in [3.8, 4) is 11.5 Å². The summed E-state index contributed by atoms with van der Waals surface area (Å²) in [5.41, 5.74) is 1.21. The molecule has 0 unspecified atom stereocenters. The van der Waals surface area contributed by atoms with Crippen molar-refractivity contribution in [2.75, 3.05) is 20.8 Å². The van der Waals surface area contributed by atoms with Crippen molar-refractivity contribution in [1.82, 2.24) is 4.57 Å². The summed E-state index contributed by atoms with van der Waals surface area (Å²) in [6.45, 7) is 4.22. The van der Waals surface area contributed by atoms with Crippen LogP contribution in [0.25, 0.3) is 6.08 Å². The highest BCUT2D eigenvalue weighted by Crippen LogP contribution is 2.40. The van der Waals surface area contributed by atoms with Crippen LogP contribution >= 0.6 is 22.7 Å². The van der Waals surface area contributed by atoms with Gasteiger partial charge in [0.25, 0.3) is 5.56 Å². The highest BCUT2D eigenvalue weighted by molar-refractivity contribution is 7.11. The molecule has 0 radical (unpaired) electrons. The number of thiophene rings is 1. The molecule has 3 heterocycles. The van der Waals surface area contributed by atoms with Crippen LogP contribution in [0.5, 0.6) is 11.5 Å². The van der Waals surface area contributed by atoms with Crippen LogP contribution in [0.15, 0.2) is 56.8 Å². The Bertz CT molecular complexity index is 1380. The van der Waals surface area contributed by atoms with Gasteiger partial charge in [0.15, 0.2) is 16.3 Å². The Balaban J connectivity index is 2.02. The lowest BCUT2D eigenvalue weighted by molar-refractivity contribution is -0.136. The van der Waals surface area contributed by atoms with Gasteiger partial charge in [0.2, 0.25) is 0 Å². The third kappa shape index (κ3) is 4.26. The minimum Gasteiger partial charge on any atom is -0.493 e. The Morgan fingerprint density at radius 1 is 1.24 bits per heavy atom. The number of esters is 1. The van der Waals surface area contributed by atoms with Crippen molar-refractivity contribution in [2.45, 2.75) is 26.3 Å². The lowest BCUT2D eigenvalue weighted by atomic mass is 9.94. The van der Waals surface area contributed by atoms with E-state index in [0.29, 0.717) is 44.3 Å². The Kier molecular flexibility index (Phi) is 6.80. The van der Waals surface area contributed by atoms with E-state index in [1.54, 1.807) is 36.0 Å². The van der Waals surface area contributed by atoms with Gasteiger partial charge in [0.1, 0.15) is 6.04 Å². The molecular formula is C24H24N2O5S2. The molecule has 0 bridgehead atoms. The van der Waals surface area contributed by atoms with Crippen molar-refractivity contribution in [3.63, 3.8) is 0 Å². The monoisotopic (exact) mass is 484 g/mol. The molecule has 1 atom stereocenters. The molecule has 0 saturated carbocycles. The molecule has 4 rings (SSSR count). The average molecular weight is 485 g/mol. The summed E-state index contributed by atoms with van der Waals surface area (Å²) in [6.07, 6.45) is 2.64. The van der Waals surface area contributed by atoms with Gasteiger partial charge in [0.05, 0.1) is 36.6 Å². The number of aromatic nitrogens is 1. The second kappa shape index (κ2) is 9.76. The second-order valence-corrected chi connectivity index (χ2v) is 9.30. The van der Waals surface area contributed by atoms with Crippen LogP contribution in [-0.2, 0) is 9.53 Å². The van der Waals surface area contributed by atoms with E-state index >= 15 is 0 Å². The van der Waals surface area contributed by atoms with Crippen LogP contribution in [0.2, 0.25) is 0 Å². The molecule has 0 amide bonds. The molecular weight excluding hydrogens is 460 g/mol. The number of thiazole rings is 1. The maximum Gasteiger partial charge on any atom is 0.338 e. The van der Waals surface area contributed by atoms with Crippen LogP contribution in [0, 0.1) is 0 Å². The summed E-state index contributed by atoms with van der Waals surface area (Å²) in [4.78, 5) is 32.6. The molecule has 9 heteroatoms. The van der Waals surface area contributed by atoms with E-state index < -0.39 is 12.0 Å². The first-order chi connectivity index (χ1) is 16.0. The lowest BCUT2D eigenvalue weighted by Crippen LogP contribution is -2.40. The van der Waals surface area contributed by atoms with Crippen molar-refractivity contribution >= 4 is 34.7 Å². The van der Waals surface area contributed by atoms with Gasteiger partial charge in [-0.2, -0.15) is 0 Å². The molecule has 0 spiro atoms. The van der Waals surface area contributed by atoms with Crippen molar-refractivity contribution in [3.05, 3.63) is 77.1 Å². The zero-order valence-electron chi connectivity index (χ0n) is 18.8. The molecule has 1 aromatic carbocycles. The summed E-state index contributed by atoms with van der Waals surface area (Å²) in [7, 11) is 2.88. The number of allylic oxidation sites excluding steroid dienone is 1. The van der Waals surface area contributed by atoms with E-state index in [1.807, 2.05) is 42.6 Å². The van der Waals surface area contributed by atoms with Gasteiger partial charge < -0.3 is 14.2 Å². The molecule has 0 saturated heterocycles. The number of carbonyl (C=O) groups is 1. The number of carbonyl (C=O) groups excluding carboxylic acids is 1. The molecule has 2 aromatic heterocycles. The van der Waals surface area contributed by atoms with E-state index in [1.165, 1.54) is 18.4 Å². The Morgan fingerprint density at radius 3 is 2.73 bits per heavy atom. The summed E-state index contributed by atoms with van der Waals surface area (Å²) in [5, 5.41) is 1.96. The number of para-hydroxylation sites is 1. The summed E-state index contributed by atoms with van der Waals surface area (Å²) in [5.74, 6) is 0.481. The number of nitrogens with zero attached hydrogens (tertiary/aromatic N) is 2. The molecule has 0 fully saturated rings. The van der Waals surface area contributed by atoms with E-state index in [2.05, 4.69) is 4.99 Å². The summed E-state index contributed by atoms with van der Waals surface area (Å²) in [6, 6.07) is 8.58. The van der Waals surface area contributed by atoms with Gasteiger partial charge >= 0.3 is 5.97 Å². The third-order valence-corrected chi connectivity index (χ3v) is 7.02. The Hall–Kier alpha value is -3.17. The van der Waals surface area contributed by atoms with E-state index in [4.69, 9.17) is 14.2 Å². The smallest absolute Gasteiger partial charge is 0.338 e. The number of methoxy groups -OCH3 is 2. The molecule has 0 N–H and O–H groups in total. The number of hydrogen-bond donors (Lipinski definition) is 0. The Labute approximate surface area is 198 Å². The van der Waals surface area contributed by atoms with Crippen LogP contribution in [0.4, 0.5) is 0 Å². The fourth-order valence-corrected chi connectivity index (χ4v) is 5.53. The number of benzene rings is 1. The van der Waals surface area contributed by atoms with Gasteiger partial charge in [-0.05, 0) is 36.9 Å². The first-order valence-corrected chi connectivity index (χ1v) is 12.1. The summed E-state index contributed by atoms with van der Waals surface area (Å²) >= 11 is 2.84. The van der Waals surface area contributed by atoms with Gasteiger partial charge in [-0.15, -0.1) is 11.3 Å². The molecule has 1 aliphatic rings. The average Bonchev–Trinajstić information content (AvgIpc) is 3.44. The van der Waals surface area contributed by atoms with Crippen LogP contribution in [0.3, 0.4) is 0 Å². The minimum atomic E-state index is -0.763. The first-order valence-electron chi connectivity index (χ1n) is 10.4. The SMILES string of the molecule is CCCOc1c(OC)cccc1[C@@H]1C(C(=O)OC)=C(C)N=c2s/c(=C/c3cccs3)c(=O)n21. The zero-order valence-corrected chi connectivity index (χ0v) is 20.4. The number of ether oxygens (including phenoxy) is 3. The van der Waals surface area contributed by atoms with Crippen LogP contribution in [-0.4, -0.2) is 31.4 Å². The minimum absolute atomic E-state index is 0.227. The number of fused-ring (bicyclic) bond motifs is 1. The van der Waals surface area contributed by atoms with Gasteiger partial charge in [0, 0.05) is 10.4 Å². The number of hydrogen-bond acceptors (Lipinski definition) is 8.